The smallest absolute Gasteiger partial charge is 0.186 e. The Morgan fingerprint density at radius 2 is 2.00 bits per heavy atom. The third-order valence-electron chi connectivity index (χ3n) is 1.98. The molecule has 0 radical (unpaired) electrons. The van der Waals surface area contributed by atoms with Crippen molar-refractivity contribution in [3.8, 4) is 6.07 Å². The Bertz CT molecular complexity index is 442. The van der Waals surface area contributed by atoms with Gasteiger partial charge in [0.1, 0.15) is 0 Å². The normalized spacial score (nSPS) is 10.4. The quantitative estimate of drug-likeness (QED) is 0.459. The Kier molecular flexibility index (Phi) is 4.42. The van der Waals surface area contributed by atoms with E-state index < -0.39 is 0 Å². The predicted molar refractivity (Wildman–Crippen MR) is 68.2 cm³/mol. The fourth-order valence-electron chi connectivity index (χ4n) is 1.04. The molecule has 1 aromatic rings. The number of nitrogens with zero attached hydrogens (tertiary/aromatic N) is 2. The Morgan fingerprint density at radius 3 is 2.50 bits per heavy atom. The molecule has 16 heavy (non-hydrogen) atoms. The molecule has 0 atom stereocenters. The Hall–Kier alpha value is -1.93. The molecule has 0 spiro atoms. The third-order valence-corrected chi connectivity index (χ3v) is 2.28. The fourth-order valence-corrected chi connectivity index (χ4v) is 1.09. The first-order chi connectivity index (χ1) is 7.67. The van der Waals surface area contributed by atoms with E-state index in [1.165, 1.54) is 0 Å². The number of benzene rings is 1. The standard InChI is InChI=1S/C11H12N4S/c1-8(14-15-11(16)13-2)10-5-3-9(7-12)4-6-10/h3-6H,1-2H3,(H2,13,15,16)/b14-8-. The zero-order valence-corrected chi connectivity index (χ0v) is 9.93. The van der Waals surface area contributed by atoms with Gasteiger partial charge in [0.25, 0.3) is 0 Å². The third kappa shape index (κ3) is 3.33. The Balaban J connectivity index is 2.76. The average molecular weight is 232 g/mol. The van der Waals surface area contributed by atoms with E-state index in [1.54, 1.807) is 19.2 Å². The molecular formula is C11H12N4S. The number of hydrogen-bond acceptors (Lipinski definition) is 3. The summed E-state index contributed by atoms with van der Waals surface area (Å²) < 4.78 is 0. The number of nitrogens with one attached hydrogen (secondary N) is 2. The number of hydrogen-bond donors (Lipinski definition) is 2. The second-order valence-corrected chi connectivity index (χ2v) is 3.49. The van der Waals surface area contributed by atoms with Crippen LogP contribution in [0.1, 0.15) is 18.1 Å². The van der Waals surface area contributed by atoms with Gasteiger partial charge in [-0.1, -0.05) is 12.1 Å². The predicted octanol–water partition coefficient (Wildman–Crippen LogP) is 1.38. The van der Waals surface area contributed by atoms with Crippen molar-refractivity contribution in [2.24, 2.45) is 5.10 Å². The van der Waals surface area contributed by atoms with Crippen molar-refractivity contribution in [3.05, 3.63) is 35.4 Å². The molecule has 1 rings (SSSR count). The summed E-state index contributed by atoms with van der Waals surface area (Å²) in [6, 6.07) is 9.27. The van der Waals surface area contributed by atoms with E-state index in [0.29, 0.717) is 10.7 Å². The molecular weight excluding hydrogens is 220 g/mol. The van der Waals surface area contributed by atoms with Crippen molar-refractivity contribution < 1.29 is 0 Å². The lowest BCUT2D eigenvalue weighted by atomic mass is 10.1. The molecule has 5 heteroatoms. The van der Waals surface area contributed by atoms with E-state index in [1.807, 2.05) is 19.1 Å². The lowest BCUT2D eigenvalue weighted by Crippen LogP contribution is -2.29. The van der Waals surface area contributed by atoms with Crippen LogP contribution in [0.15, 0.2) is 29.4 Å². The topological polar surface area (TPSA) is 60.2 Å². The van der Waals surface area contributed by atoms with Gasteiger partial charge in [-0.3, -0.25) is 5.43 Å². The van der Waals surface area contributed by atoms with Crippen LogP contribution in [0.3, 0.4) is 0 Å². The first-order valence-corrected chi connectivity index (χ1v) is 5.10. The van der Waals surface area contributed by atoms with Gasteiger partial charge < -0.3 is 5.32 Å². The molecule has 0 aliphatic rings. The molecule has 0 aliphatic carbocycles. The lowest BCUT2D eigenvalue weighted by Gasteiger charge is -2.03. The first-order valence-electron chi connectivity index (χ1n) is 4.70. The first kappa shape index (κ1) is 12.1. The van der Waals surface area contributed by atoms with Crippen molar-refractivity contribution in [1.82, 2.24) is 10.7 Å². The van der Waals surface area contributed by atoms with E-state index in [4.69, 9.17) is 17.5 Å². The molecule has 0 heterocycles. The molecule has 1 aromatic carbocycles. The van der Waals surface area contributed by atoms with Crippen molar-refractivity contribution in [1.29, 1.82) is 5.26 Å². The van der Waals surface area contributed by atoms with Gasteiger partial charge >= 0.3 is 0 Å². The van der Waals surface area contributed by atoms with E-state index in [0.717, 1.165) is 11.3 Å². The van der Waals surface area contributed by atoms with E-state index in [2.05, 4.69) is 21.9 Å². The van der Waals surface area contributed by atoms with Crippen LogP contribution in [-0.2, 0) is 0 Å². The molecule has 0 bridgehead atoms. The number of nitriles is 1. The minimum absolute atomic E-state index is 0.466. The van der Waals surface area contributed by atoms with Crippen LogP contribution in [0.5, 0.6) is 0 Å². The lowest BCUT2D eigenvalue weighted by molar-refractivity contribution is 0.974. The van der Waals surface area contributed by atoms with Crippen LogP contribution in [0.2, 0.25) is 0 Å². The van der Waals surface area contributed by atoms with E-state index in [9.17, 15) is 0 Å². The van der Waals surface area contributed by atoms with Crippen molar-refractivity contribution in [3.63, 3.8) is 0 Å². The molecule has 0 fully saturated rings. The number of rotatable bonds is 2. The summed E-state index contributed by atoms with van der Waals surface area (Å²) in [5, 5.41) is 16.0. The molecule has 82 valence electrons. The molecule has 4 nitrogen and oxygen atoms in total. The molecule has 0 aliphatic heterocycles. The average Bonchev–Trinajstić information content (AvgIpc) is 2.35. The SMILES string of the molecule is CNC(=S)N/N=C(/C)c1ccc(C#N)cc1. The second-order valence-electron chi connectivity index (χ2n) is 3.08. The summed E-state index contributed by atoms with van der Waals surface area (Å²) in [6.07, 6.45) is 0. The van der Waals surface area contributed by atoms with Crippen molar-refractivity contribution in [2.75, 3.05) is 7.05 Å². The van der Waals surface area contributed by atoms with Crippen LogP contribution >= 0.6 is 12.2 Å². The molecule has 0 amide bonds. The van der Waals surface area contributed by atoms with Gasteiger partial charge in [0.15, 0.2) is 5.11 Å². The van der Waals surface area contributed by atoms with Gasteiger partial charge in [-0.2, -0.15) is 10.4 Å². The summed E-state index contributed by atoms with van der Waals surface area (Å²) in [4.78, 5) is 0. The van der Waals surface area contributed by atoms with Crippen LogP contribution in [-0.4, -0.2) is 17.9 Å². The van der Waals surface area contributed by atoms with Crippen LogP contribution in [0.4, 0.5) is 0 Å². The Morgan fingerprint density at radius 1 is 1.38 bits per heavy atom. The highest BCUT2D eigenvalue weighted by Crippen LogP contribution is 2.04. The summed E-state index contributed by atoms with van der Waals surface area (Å²) >= 11 is 4.89. The maximum absolute atomic E-state index is 8.66. The largest absolute Gasteiger partial charge is 0.364 e. The second kappa shape index (κ2) is 5.83. The maximum atomic E-state index is 8.66. The van der Waals surface area contributed by atoms with Gasteiger partial charge in [-0.15, -0.1) is 0 Å². The van der Waals surface area contributed by atoms with Crippen molar-refractivity contribution in [2.45, 2.75) is 6.92 Å². The van der Waals surface area contributed by atoms with Gasteiger partial charge in [-0.25, -0.2) is 0 Å². The summed E-state index contributed by atoms with van der Waals surface area (Å²) in [6.45, 7) is 1.87. The monoisotopic (exact) mass is 232 g/mol. The number of hydrazone groups is 1. The van der Waals surface area contributed by atoms with Gasteiger partial charge in [0.05, 0.1) is 17.3 Å². The molecule has 2 N–H and O–H groups in total. The minimum atomic E-state index is 0.466. The zero-order chi connectivity index (χ0) is 12.0. The number of thiocarbonyl (C=S) groups is 1. The van der Waals surface area contributed by atoms with Gasteiger partial charge in [0, 0.05) is 7.05 Å². The van der Waals surface area contributed by atoms with Gasteiger partial charge in [-0.05, 0) is 36.8 Å². The van der Waals surface area contributed by atoms with E-state index in [-0.39, 0.29) is 0 Å². The summed E-state index contributed by atoms with van der Waals surface area (Å²) in [5.41, 5.74) is 5.09. The Labute approximate surface area is 100.0 Å². The highest BCUT2D eigenvalue weighted by Gasteiger charge is 1.98. The zero-order valence-electron chi connectivity index (χ0n) is 9.11. The van der Waals surface area contributed by atoms with E-state index >= 15 is 0 Å². The van der Waals surface area contributed by atoms with Gasteiger partial charge in [0.2, 0.25) is 0 Å². The fraction of sp³-hybridized carbons (Fsp3) is 0.182. The molecule has 0 saturated carbocycles. The summed E-state index contributed by atoms with van der Waals surface area (Å²) in [7, 11) is 1.72. The van der Waals surface area contributed by atoms with Crippen LogP contribution in [0.25, 0.3) is 0 Å². The highest BCUT2D eigenvalue weighted by molar-refractivity contribution is 7.80. The van der Waals surface area contributed by atoms with Crippen molar-refractivity contribution >= 4 is 23.0 Å². The maximum Gasteiger partial charge on any atom is 0.186 e. The molecule has 0 saturated heterocycles. The van der Waals surface area contributed by atoms with Crippen LogP contribution in [0, 0.1) is 11.3 Å². The molecule has 0 aromatic heterocycles. The minimum Gasteiger partial charge on any atom is -0.364 e. The molecule has 0 unspecified atom stereocenters. The van der Waals surface area contributed by atoms with Crippen LogP contribution < -0.4 is 10.7 Å². The highest BCUT2D eigenvalue weighted by atomic mass is 32.1. The summed E-state index contributed by atoms with van der Waals surface area (Å²) in [5.74, 6) is 0.